The summed E-state index contributed by atoms with van der Waals surface area (Å²) in [5.74, 6) is -4.70. The van der Waals surface area contributed by atoms with Gasteiger partial charge in [0.15, 0.2) is 27.2 Å². The van der Waals surface area contributed by atoms with Gasteiger partial charge < -0.3 is 36.9 Å². The van der Waals surface area contributed by atoms with Crippen LogP contribution in [0.25, 0.3) is 11.1 Å². The lowest BCUT2D eigenvalue weighted by atomic mass is 9.88. The van der Waals surface area contributed by atoms with Gasteiger partial charge in [-0.05, 0) is 85.7 Å². The topological polar surface area (TPSA) is 231 Å². The number of ketones is 3. The summed E-state index contributed by atoms with van der Waals surface area (Å²) in [4.78, 5) is 72.0. The molecule has 1 aliphatic heterocycles. The molecule has 14 nitrogen and oxygen atoms in total. The van der Waals surface area contributed by atoms with Crippen LogP contribution in [0.3, 0.4) is 0 Å². The van der Waals surface area contributed by atoms with Gasteiger partial charge in [-0.15, -0.1) is 11.6 Å². The Kier molecular flexibility index (Phi) is 20.4. The third kappa shape index (κ3) is 14.4. The van der Waals surface area contributed by atoms with Crippen LogP contribution in [0.15, 0.2) is 54.6 Å². The Morgan fingerprint density at radius 1 is 0.875 bits per heavy atom. The summed E-state index contributed by atoms with van der Waals surface area (Å²) in [7, 11) is -2.50. The minimum atomic E-state index is -3.99. The van der Waals surface area contributed by atoms with Crippen molar-refractivity contribution in [3.8, 4) is 22.6 Å². The molecule has 4 bridgehead atoms. The maximum absolute atomic E-state index is 14.7. The Morgan fingerprint density at radius 3 is 2.16 bits per heavy atom. The summed E-state index contributed by atoms with van der Waals surface area (Å²) in [6.07, 6.45) is 6.28. The number of sulfone groups is 1. The summed E-state index contributed by atoms with van der Waals surface area (Å²) in [5.41, 5.74) is 22.1. The molecule has 16 heteroatoms. The fraction of sp³-hybridized carbons (Fsp3) is 0.521. The Labute approximate surface area is 383 Å². The lowest BCUT2D eigenvalue weighted by Gasteiger charge is -2.32. The number of rotatable bonds is 23. The molecule has 1 heterocycles. The second-order valence-electron chi connectivity index (χ2n) is 16.7. The van der Waals surface area contributed by atoms with Gasteiger partial charge in [0.25, 0.3) is 0 Å². The predicted molar refractivity (Wildman–Crippen MR) is 250 cm³/mol. The molecule has 2 amide bonds. The van der Waals surface area contributed by atoms with Gasteiger partial charge in [-0.1, -0.05) is 69.9 Å². The maximum atomic E-state index is 14.7. The van der Waals surface area contributed by atoms with Gasteiger partial charge in [0.2, 0.25) is 11.8 Å². The van der Waals surface area contributed by atoms with Crippen molar-refractivity contribution in [2.24, 2.45) is 29.0 Å². The SMILES string of the molecule is CCCCCCCc1ccc(C(=O)C[C@@H](CCN)C(=O)N(C)[C@@H]2C(=O)C[C@@H](C)C(=O)N[C@H](C(=O)CS(=O)(=O)CCl)Cc3ccc(OCCN)c(c3)-c3cc2ccc3OCCN)c(C)c1. The third-order valence-electron chi connectivity index (χ3n) is 11.5. The van der Waals surface area contributed by atoms with Crippen molar-refractivity contribution in [2.75, 3.05) is 50.9 Å². The van der Waals surface area contributed by atoms with Crippen LogP contribution in [-0.2, 0) is 41.9 Å². The Morgan fingerprint density at radius 2 is 1.53 bits per heavy atom. The second-order valence-corrected chi connectivity index (χ2v) is 19.4. The molecule has 0 fully saturated rings. The van der Waals surface area contributed by atoms with Gasteiger partial charge in [-0.3, -0.25) is 24.0 Å². The molecule has 64 heavy (non-hydrogen) atoms. The molecule has 0 aromatic heterocycles. The van der Waals surface area contributed by atoms with E-state index in [0.717, 1.165) is 30.4 Å². The Hall–Kier alpha value is -4.67. The molecule has 3 aromatic carbocycles. The number of unbranched alkanes of at least 4 members (excludes halogenated alkanes) is 4. The lowest BCUT2D eigenvalue weighted by Crippen LogP contribution is -2.47. The average molecular weight is 925 g/mol. The molecule has 0 aliphatic carbocycles. The van der Waals surface area contributed by atoms with Gasteiger partial charge in [-0.2, -0.15) is 0 Å². The van der Waals surface area contributed by atoms with E-state index in [9.17, 15) is 32.4 Å². The number of benzene rings is 3. The number of hydrogen-bond acceptors (Lipinski definition) is 12. The van der Waals surface area contributed by atoms with Crippen molar-refractivity contribution in [3.63, 3.8) is 0 Å². The normalized spacial score (nSPS) is 17.2. The largest absolute Gasteiger partial charge is 0.492 e. The molecule has 0 spiro atoms. The van der Waals surface area contributed by atoms with Crippen LogP contribution >= 0.6 is 11.6 Å². The third-order valence-corrected chi connectivity index (χ3v) is 13.6. The average Bonchev–Trinajstić information content (AvgIpc) is 3.26. The number of nitrogens with zero attached hydrogens (tertiary/aromatic N) is 1. The molecule has 0 saturated heterocycles. The van der Waals surface area contributed by atoms with Gasteiger partial charge in [0.1, 0.15) is 41.7 Å². The van der Waals surface area contributed by atoms with E-state index < -0.39 is 68.1 Å². The van der Waals surface area contributed by atoms with Crippen LogP contribution < -0.4 is 32.0 Å². The van der Waals surface area contributed by atoms with Gasteiger partial charge in [0.05, 0.1) is 6.04 Å². The summed E-state index contributed by atoms with van der Waals surface area (Å²) >= 11 is 5.65. The van der Waals surface area contributed by atoms with Crippen LogP contribution in [0, 0.1) is 18.8 Å². The van der Waals surface area contributed by atoms with Crippen LogP contribution in [0.2, 0.25) is 0 Å². The molecule has 7 N–H and O–H groups in total. The highest BCUT2D eigenvalue weighted by Crippen LogP contribution is 2.41. The van der Waals surface area contributed by atoms with Crippen LogP contribution in [0.1, 0.15) is 104 Å². The summed E-state index contributed by atoms with van der Waals surface area (Å²) in [6, 6.07) is 13.4. The highest BCUT2D eigenvalue weighted by atomic mass is 35.5. The highest BCUT2D eigenvalue weighted by molar-refractivity contribution is 7.93. The second kappa shape index (κ2) is 25.1. The van der Waals surface area contributed by atoms with Crippen LogP contribution in [-0.4, -0.2) is 99.4 Å². The number of alkyl halides is 1. The quantitative estimate of drug-likeness (QED) is 0.0532. The van der Waals surface area contributed by atoms with Crippen molar-refractivity contribution in [1.82, 2.24) is 10.2 Å². The number of Topliss-reactive ketones (excluding diaryl/α,β-unsaturated/α-hetero) is 3. The highest BCUT2D eigenvalue weighted by Gasteiger charge is 2.36. The summed E-state index contributed by atoms with van der Waals surface area (Å²) in [6.45, 7) is 6.35. The van der Waals surface area contributed by atoms with E-state index in [-0.39, 0.29) is 64.3 Å². The number of carbonyl (C=O) groups is 5. The molecule has 4 atom stereocenters. The summed E-state index contributed by atoms with van der Waals surface area (Å²) in [5, 5.41) is 1.90. The van der Waals surface area contributed by atoms with E-state index >= 15 is 0 Å². The predicted octanol–water partition coefficient (Wildman–Crippen LogP) is 5.40. The van der Waals surface area contributed by atoms with Crippen molar-refractivity contribution < 1.29 is 41.9 Å². The number of halogens is 1. The number of nitrogens with two attached hydrogens (primary N) is 3. The van der Waals surface area contributed by atoms with Crippen LogP contribution in [0.4, 0.5) is 0 Å². The number of hydrogen-bond donors (Lipinski definition) is 4. The fourth-order valence-electron chi connectivity index (χ4n) is 8.10. The van der Waals surface area contributed by atoms with E-state index in [0.29, 0.717) is 39.3 Å². The van der Waals surface area contributed by atoms with Crippen molar-refractivity contribution >= 4 is 50.6 Å². The molecular formula is C48H66ClN5O9S. The van der Waals surface area contributed by atoms with Crippen molar-refractivity contribution in [3.05, 3.63) is 82.4 Å². The summed E-state index contributed by atoms with van der Waals surface area (Å²) < 4.78 is 37.2. The number of fused-ring (bicyclic) bond motifs is 5. The smallest absolute Gasteiger partial charge is 0.226 e. The van der Waals surface area contributed by atoms with E-state index in [1.165, 1.54) is 38.1 Å². The Bertz CT molecular complexity index is 2220. The first-order valence-electron chi connectivity index (χ1n) is 22.2. The zero-order valence-electron chi connectivity index (χ0n) is 37.7. The number of nitrogens with one attached hydrogen (secondary N) is 1. The van der Waals surface area contributed by atoms with E-state index in [1.807, 2.05) is 25.1 Å². The van der Waals surface area contributed by atoms with E-state index in [4.69, 9.17) is 38.3 Å². The first-order chi connectivity index (χ1) is 30.6. The van der Waals surface area contributed by atoms with E-state index in [1.54, 1.807) is 36.4 Å². The number of aryl methyl sites for hydroxylation is 2. The molecule has 4 rings (SSSR count). The number of amides is 2. The van der Waals surface area contributed by atoms with E-state index in [2.05, 4.69) is 12.2 Å². The molecule has 1 aliphatic rings. The standard InChI is InChI=1S/C48H66ClN5O9S/c1-5-6-7-8-9-10-33-11-14-37(31(2)23-33)41(55)28-36(17-18-50)48(59)54(4)46-35-13-16-45(63-22-20-52)39(27-35)38-25-34(12-15-44(38)62-21-19-51)26-40(43(57)29-64(60,61)30-49)53-47(58)32(3)24-42(46)56/h11-16,23,25,27,32,36,40,46H,5-10,17-22,24,26,28-30,50-52H2,1-4H3,(H,53,58)/t32-,36-,40+,46+/m1/s1. The minimum Gasteiger partial charge on any atom is -0.492 e. The van der Waals surface area contributed by atoms with Gasteiger partial charge >= 0.3 is 0 Å². The van der Waals surface area contributed by atoms with Crippen molar-refractivity contribution in [1.29, 1.82) is 0 Å². The fourth-order valence-corrected chi connectivity index (χ4v) is 9.05. The maximum Gasteiger partial charge on any atom is 0.226 e. The molecule has 3 aromatic rings. The zero-order valence-corrected chi connectivity index (χ0v) is 39.2. The monoisotopic (exact) mass is 923 g/mol. The first-order valence-corrected chi connectivity index (χ1v) is 24.6. The van der Waals surface area contributed by atoms with Crippen molar-refractivity contribution in [2.45, 2.75) is 97.1 Å². The van der Waals surface area contributed by atoms with Gasteiger partial charge in [0, 0.05) is 61.5 Å². The molecule has 0 saturated carbocycles. The number of carbonyl (C=O) groups excluding carboxylic acids is 5. The minimum absolute atomic E-state index is 0.101. The molecule has 0 radical (unpaired) electrons. The number of ether oxygens (including phenoxy) is 2. The lowest BCUT2D eigenvalue weighted by molar-refractivity contribution is -0.142. The first kappa shape index (κ1) is 52.0. The molecule has 0 unspecified atom stereocenters. The molecule has 350 valence electrons. The zero-order chi connectivity index (χ0) is 47.0. The Balaban J connectivity index is 1.80. The number of likely N-dealkylation sites (N-methyl/N-ethyl adjacent to an activating group) is 1. The molecular weight excluding hydrogens is 858 g/mol. The van der Waals surface area contributed by atoms with Crippen LogP contribution in [0.5, 0.6) is 11.5 Å². The van der Waals surface area contributed by atoms with Gasteiger partial charge in [-0.25, -0.2) is 8.42 Å².